The van der Waals surface area contributed by atoms with E-state index in [1.165, 1.54) is 6.20 Å². The van der Waals surface area contributed by atoms with E-state index in [0.717, 1.165) is 5.56 Å². The molecule has 0 N–H and O–H groups in total. The average molecular weight is 349 g/mol. The predicted octanol–water partition coefficient (Wildman–Crippen LogP) is 3.58. The Hall–Kier alpha value is -2.71. The fourth-order valence-corrected chi connectivity index (χ4v) is 3.02. The Balaban J connectivity index is 1.86. The zero-order chi connectivity index (χ0) is 18.7. The second kappa shape index (κ2) is 7.27. The predicted molar refractivity (Wildman–Crippen MR) is 98.4 cm³/mol. The summed E-state index contributed by atoms with van der Waals surface area (Å²) in [6.07, 6.45) is 1.24. The molecule has 3 rings (SSSR count). The third kappa shape index (κ3) is 3.92. The third-order valence-corrected chi connectivity index (χ3v) is 4.65. The summed E-state index contributed by atoms with van der Waals surface area (Å²) in [5.41, 5.74) is 1.77. The van der Waals surface area contributed by atoms with E-state index in [1.54, 1.807) is 12.1 Å². The highest BCUT2D eigenvalue weighted by atomic mass is 16.5. The van der Waals surface area contributed by atoms with Gasteiger partial charge in [0.25, 0.3) is 5.91 Å². The lowest BCUT2D eigenvalue weighted by atomic mass is 9.87. The molecule has 2 atom stereocenters. The Morgan fingerprint density at radius 2 is 1.92 bits per heavy atom. The van der Waals surface area contributed by atoms with Gasteiger partial charge in [0, 0.05) is 12.7 Å². The highest BCUT2D eigenvalue weighted by Crippen LogP contribution is 2.33. The minimum Gasteiger partial charge on any atom is -0.366 e. The van der Waals surface area contributed by atoms with Crippen molar-refractivity contribution in [1.29, 1.82) is 5.26 Å². The van der Waals surface area contributed by atoms with Gasteiger partial charge in [-0.05, 0) is 23.1 Å². The average Bonchev–Trinajstić information content (AvgIpc) is 2.67. The normalized spacial score (nSPS) is 20.5. The van der Waals surface area contributed by atoms with E-state index in [9.17, 15) is 4.79 Å². The molecule has 2 aromatic rings. The fourth-order valence-electron chi connectivity index (χ4n) is 3.02. The summed E-state index contributed by atoms with van der Waals surface area (Å²) in [7, 11) is 0. The maximum absolute atomic E-state index is 13.0. The lowest BCUT2D eigenvalue weighted by Crippen LogP contribution is -2.51. The Labute approximate surface area is 154 Å². The molecule has 1 amide bonds. The van der Waals surface area contributed by atoms with Gasteiger partial charge in [-0.1, -0.05) is 51.1 Å². The maximum atomic E-state index is 13.0. The van der Waals surface area contributed by atoms with Crippen molar-refractivity contribution in [1.82, 2.24) is 9.88 Å². The number of carbonyl (C=O) groups excluding carboxylic acids is 1. The lowest BCUT2D eigenvalue weighted by molar-refractivity contribution is -0.119. The lowest BCUT2D eigenvalue weighted by Gasteiger charge is -2.43. The molecule has 0 spiro atoms. The van der Waals surface area contributed by atoms with Crippen LogP contribution in [0.15, 0.2) is 48.7 Å². The molecule has 5 heteroatoms. The van der Waals surface area contributed by atoms with E-state index in [0.29, 0.717) is 24.3 Å². The second-order valence-electron chi connectivity index (χ2n) is 7.64. The van der Waals surface area contributed by atoms with Crippen molar-refractivity contribution in [2.75, 3.05) is 13.1 Å². The molecule has 0 saturated carbocycles. The minimum atomic E-state index is -0.163. The zero-order valence-corrected chi connectivity index (χ0v) is 15.3. The van der Waals surface area contributed by atoms with Crippen molar-refractivity contribution < 1.29 is 9.53 Å². The first-order chi connectivity index (χ1) is 12.4. The summed E-state index contributed by atoms with van der Waals surface area (Å²) in [6.45, 7) is 7.39. The van der Waals surface area contributed by atoms with E-state index in [4.69, 9.17) is 10.00 Å². The number of amides is 1. The van der Waals surface area contributed by atoms with Gasteiger partial charge >= 0.3 is 0 Å². The smallest absolute Gasteiger partial charge is 0.255 e. The van der Waals surface area contributed by atoms with Crippen molar-refractivity contribution in [3.63, 3.8) is 0 Å². The number of carbonyl (C=O) groups is 1. The van der Waals surface area contributed by atoms with E-state index < -0.39 is 0 Å². The second-order valence-corrected chi connectivity index (χ2v) is 7.64. The molecular formula is C21H23N3O2. The van der Waals surface area contributed by atoms with Crippen LogP contribution in [0.25, 0.3) is 0 Å². The molecule has 0 radical (unpaired) electrons. The van der Waals surface area contributed by atoms with E-state index in [-0.39, 0.29) is 23.5 Å². The van der Waals surface area contributed by atoms with Gasteiger partial charge in [-0.25, -0.2) is 4.98 Å². The number of hydrogen-bond acceptors (Lipinski definition) is 4. The van der Waals surface area contributed by atoms with Crippen LogP contribution < -0.4 is 0 Å². The highest BCUT2D eigenvalue weighted by molar-refractivity contribution is 5.94. The van der Waals surface area contributed by atoms with Crippen LogP contribution >= 0.6 is 0 Å². The molecule has 5 nitrogen and oxygen atoms in total. The summed E-state index contributed by atoms with van der Waals surface area (Å²) in [5, 5.41) is 8.88. The molecule has 1 aromatic heterocycles. The van der Waals surface area contributed by atoms with Gasteiger partial charge in [0.05, 0.1) is 18.2 Å². The first-order valence-electron chi connectivity index (χ1n) is 8.74. The van der Waals surface area contributed by atoms with Gasteiger partial charge in [-0.2, -0.15) is 5.26 Å². The van der Waals surface area contributed by atoms with Crippen molar-refractivity contribution in [2.45, 2.75) is 33.0 Å². The summed E-state index contributed by atoms with van der Waals surface area (Å²) < 4.78 is 6.34. The van der Waals surface area contributed by atoms with Gasteiger partial charge in [0.2, 0.25) is 0 Å². The van der Waals surface area contributed by atoms with E-state index in [2.05, 4.69) is 25.8 Å². The number of morpholine rings is 1. The number of nitriles is 1. The SMILES string of the molecule is CC(C)(C)[C@H]1CN(C(=O)c2ccc(C#N)nc2)C[C@@H](c2ccccc2)O1. The quantitative estimate of drug-likeness (QED) is 0.831. The van der Waals surface area contributed by atoms with Crippen LogP contribution in [0, 0.1) is 16.7 Å². The summed E-state index contributed by atoms with van der Waals surface area (Å²) >= 11 is 0. The van der Waals surface area contributed by atoms with Crippen LogP contribution in [-0.4, -0.2) is 35.0 Å². The molecule has 134 valence electrons. The number of nitrogens with zero attached hydrogens (tertiary/aromatic N) is 3. The molecule has 1 fully saturated rings. The van der Waals surface area contributed by atoms with Crippen LogP contribution in [0.1, 0.15) is 48.5 Å². The van der Waals surface area contributed by atoms with Crippen LogP contribution in [0.3, 0.4) is 0 Å². The van der Waals surface area contributed by atoms with Crippen LogP contribution in [0.4, 0.5) is 0 Å². The molecule has 1 aliphatic rings. The molecule has 0 aliphatic carbocycles. The molecule has 0 bridgehead atoms. The van der Waals surface area contributed by atoms with Gasteiger partial charge in [-0.3, -0.25) is 4.79 Å². The van der Waals surface area contributed by atoms with E-state index >= 15 is 0 Å². The molecule has 2 heterocycles. The number of ether oxygens (including phenoxy) is 1. The van der Waals surface area contributed by atoms with Crippen molar-refractivity contribution >= 4 is 5.91 Å². The Morgan fingerprint density at radius 3 is 2.50 bits per heavy atom. The fraction of sp³-hybridized carbons (Fsp3) is 0.381. The molecule has 1 saturated heterocycles. The van der Waals surface area contributed by atoms with Crippen LogP contribution in [0.5, 0.6) is 0 Å². The maximum Gasteiger partial charge on any atom is 0.255 e. The number of rotatable bonds is 2. The minimum absolute atomic E-state index is 0.0725. The summed E-state index contributed by atoms with van der Waals surface area (Å²) in [5.74, 6) is -0.0829. The molecule has 0 unspecified atom stereocenters. The number of pyridine rings is 1. The molecule has 26 heavy (non-hydrogen) atoms. The Morgan fingerprint density at radius 1 is 1.19 bits per heavy atom. The number of benzene rings is 1. The van der Waals surface area contributed by atoms with Crippen molar-refractivity contribution in [3.8, 4) is 6.07 Å². The van der Waals surface area contributed by atoms with Gasteiger partial charge in [0.1, 0.15) is 17.9 Å². The first kappa shape index (κ1) is 18.1. The summed E-state index contributed by atoms with van der Waals surface area (Å²) in [4.78, 5) is 18.8. The monoisotopic (exact) mass is 349 g/mol. The Kier molecular flexibility index (Phi) is 5.06. The first-order valence-corrected chi connectivity index (χ1v) is 8.74. The van der Waals surface area contributed by atoms with Gasteiger partial charge < -0.3 is 9.64 Å². The molecular weight excluding hydrogens is 326 g/mol. The molecule has 1 aliphatic heterocycles. The third-order valence-electron chi connectivity index (χ3n) is 4.65. The molecule has 1 aromatic carbocycles. The standard InChI is InChI=1S/C21H23N3O2/c1-21(2,3)19-14-24(13-18(26-19)15-7-5-4-6-8-15)20(25)16-9-10-17(11-22)23-12-16/h4-10,12,18-19H,13-14H2,1-3H3/t18-,19+/m0/s1. The Bertz CT molecular complexity index is 804. The highest BCUT2D eigenvalue weighted by Gasteiger charge is 2.37. The zero-order valence-electron chi connectivity index (χ0n) is 15.3. The van der Waals surface area contributed by atoms with Crippen molar-refractivity contribution in [2.24, 2.45) is 5.41 Å². The number of hydrogen-bond donors (Lipinski definition) is 0. The summed E-state index contributed by atoms with van der Waals surface area (Å²) in [6, 6.07) is 15.2. The van der Waals surface area contributed by atoms with Crippen molar-refractivity contribution in [3.05, 3.63) is 65.5 Å². The van der Waals surface area contributed by atoms with E-state index in [1.807, 2.05) is 41.3 Å². The van der Waals surface area contributed by atoms with Crippen LogP contribution in [-0.2, 0) is 4.74 Å². The topological polar surface area (TPSA) is 66.2 Å². The largest absolute Gasteiger partial charge is 0.366 e. The number of aromatic nitrogens is 1. The van der Waals surface area contributed by atoms with Gasteiger partial charge in [-0.15, -0.1) is 0 Å². The van der Waals surface area contributed by atoms with Gasteiger partial charge in [0.15, 0.2) is 0 Å². The van der Waals surface area contributed by atoms with Crippen LogP contribution in [0.2, 0.25) is 0 Å².